The van der Waals surface area contributed by atoms with Crippen LogP contribution in [0, 0.1) is 23.0 Å². The van der Waals surface area contributed by atoms with E-state index in [9.17, 15) is 32.4 Å². The number of carbonyl (C=O) groups is 1. The van der Waals surface area contributed by atoms with Crippen molar-refractivity contribution < 1.29 is 26.7 Å². The van der Waals surface area contributed by atoms with Crippen molar-refractivity contribution in [2.75, 3.05) is 42.6 Å². The van der Waals surface area contributed by atoms with Crippen molar-refractivity contribution in [3.05, 3.63) is 58.0 Å². The third-order valence-corrected chi connectivity index (χ3v) is 10.0. The van der Waals surface area contributed by atoms with Crippen molar-refractivity contribution in [1.82, 2.24) is 14.5 Å². The molecule has 4 aromatic rings. The van der Waals surface area contributed by atoms with E-state index >= 15 is 4.39 Å². The zero-order chi connectivity index (χ0) is 31.0. The zero-order valence-corrected chi connectivity index (χ0v) is 24.0. The lowest BCUT2D eigenvalue weighted by molar-refractivity contribution is -0.137. The van der Waals surface area contributed by atoms with Crippen LogP contribution >= 0.6 is 23.1 Å². The highest BCUT2D eigenvalue weighted by Gasteiger charge is 2.41. The summed E-state index contributed by atoms with van der Waals surface area (Å²) in [6.45, 7) is 6.04. The first kappa shape index (κ1) is 28.9. The topological polar surface area (TPSA) is 108 Å². The number of thioether (sulfide) groups is 1. The lowest BCUT2D eigenvalue weighted by Crippen LogP contribution is -2.49. The number of hydrogen-bond donors (Lipinski definition) is 1. The molecule has 2 aromatic heterocycles. The van der Waals surface area contributed by atoms with Crippen LogP contribution in [0.2, 0.25) is 0 Å². The maximum atomic E-state index is 15.8. The molecule has 2 aliphatic rings. The van der Waals surface area contributed by atoms with Gasteiger partial charge >= 0.3 is 11.9 Å². The van der Waals surface area contributed by atoms with E-state index in [1.165, 1.54) is 15.5 Å². The molecule has 1 saturated heterocycles. The normalized spacial score (nSPS) is 17.0. The maximum Gasteiger partial charge on any atom is 0.417 e. The molecule has 1 amide bonds. The Labute approximate surface area is 248 Å². The van der Waals surface area contributed by atoms with E-state index < -0.39 is 46.2 Å². The van der Waals surface area contributed by atoms with Crippen LogP contribution in [-0.2, 0) is 11.0 Å². The van der Waals surface area contributed by atoms with E-state index in [0.29, 0.717) is 17.4 Å². The molecule has 0 radical (unpaired) electrons. The molecule has 15 heteroatoms. The van der Waals surface area contributed by atoms with E-state index in [-0.39, 0.29) is 80.1 Å². The van der Waals surface area contributed by atoms with Crippen molar-refractivity contribution in [1.29, 1.82) is 5.26 Å². The molecule has 0 saturated carbocycles. The number of nitriles is 1. The van der Waals surface area contributed by atoms with E-state index in [4.69, 9.17) is 5.73 Å². The predicted molar refractivity (Wildman–Crippen MR) is 155 cm³/mol. The highest BCUT2D eigenvalue weighted by Crippen LogP contribution is 2.53. The first-order chi connectivity index (χ1) is 20.4. The van der Waals surface area contributed by atoms with Crippen LogP contribution in [0.1, 0.15) is 24.1 Å². The van der Waals surface area contributed by atoms with Crippen molar-refractivity contribution in [3.63, 3.8) is 0 Å². The van der Waals surface area contributed by atoms with Gasteiger partial charge in [-0.2, -0.15) is 23.4 Å². The number of piperazine rings is 1. The summed E-state index contributed by atoms with van der Waals surface area (Å²) in [7, 11) is 0. The van der Waals surface area contributed by atoms with Gasteiger partial charge in [0.15, 0.2) is 0 Å². The summed E-state index contributed by atoms with van der Waals surface area (Å²) in [5.41, 5.74) is 2.58. The number of anilines is 2. The Balaban J connectivity index is 1.72. The summed E-state index contributed by atoms with van der Waals surface area (Å²) in [4.78, 5) is 32.8. The van der Waals surface area contributed by atoms with Crippen molar-refractivity contribution >= 4 is 60.8 Å². The quantitative estimate of drug-likeness (QED) is 0.234. The number of nitrogen functional groups attached to an aromatic ring is 1. The van der Waals surface area contributed by atoms with Gasteiger partial charge in [0.25, 0.3) is 0 Å². The molecule has 0 spiro atoms. The van der Waals surface area contributed by atoms with E-state index in [1.807, 2.05) is 0 Å². The number of halogens is 5. The first-order valence-corrected chi connectivity index (χ1v) is 14.8. The molecule has 2 aromatic carbocycles. The number of alkyl halides is 3. The van der Waals surface area contributed by atoms with Gasteiger partial charge in [-0.25, -0.2) is 13.6 Å². The second kappa shape index (κ2) is 10.2. The van der Waals surface area contributed by atoms with Crippen LogP contribution in [0.15, 0.2) is 34.5 Å². The summed E-state index contributed by atoms with van der Waals surface area (Å²) in [6.07, 6.45) is -3.86. The van der Waals surface area contributed by atoms with Crippen LogP contribution < -0.4 is 16.3 Å². The Bertz CT molecular complexity index is 1970. The summed E-state index contributed by atoms with van der Waals surface area (Å²) in [5, 5.41) is 9.29. The Morgan fingerprint density at radius 2 is 1.88 bits per heavy atom. The lowest BCUT2D eigenvalue weighted by Gasteiger charge is -2.36. The van der Waals surface area contributed by atoms with Crippen molar-refractivity contribution in [2.24, 2.45) is 0 Å². The molecular formula is C28H21F5N6O2S2. The van der Waals surface area contributed by atoms with Crippen LogP contribution in [0.25, 0.3) is 32.1 Å². The number of hydrogen-bond acceptors (Lipinski definition) is 8. The van der Waals surface area contributed by atoms with E-state index in [0.717, 1.165) is 17.8 Å². The molecular weight excluding hydrogens is 611 g/mol. The number of rotatable bonds is 3. The highest BCUT2D eigenvalue weighted by molar-refractivity contribution is 7.99. The Morgan fingerprint density at radius 3 is 2.51 bits per heavy atom. The van der Waals surface area contributed by atoms with Gasteiger partial charge in [0, 0.05) is 70.8 Å². The minimum Gasteiger partial charge on any atom is -0.389 e. The number of fused-ring (bicyclic) bond motifs is 1. The first-order valence-electron chi connectivity index (χ1n) is 13.0. The maximum absolute atomic E-state index is 15.8. The molecule has 0 bridgehead atoms. The third kappa shape index (κ3) is 4.42. The molecule has 2 N–H and O–H groups in total. The Kier molecular flexibility index (Phi) is 6.89. The van der Waals surface area contributed by atoms with Crippen LogP contribution in [0.4, 0.5) is 32.8 Å². The van der Waals surface area contributed by atoms with Crippen molar-refractivity contribution in [3.8, 4) is 17.2 Å². The number of aromatic nitrogens is 2. The summed E-state index contributed by atoms with van der Waals surface area (Å²) < 4.78 is 76.5. The SMILES string of the molecule is C=CC(=O)N1CCN(c2nc(=O)n3c4c(c(-c5c(F)cc(F)c6sc(N)c(C#N)c56)c(C(F)(F)F)cc24)SCC3C)CC1. The average molecular weight is 633 g/mol. The molecule has 6 rings (SSSR count). The minimum atomic E-state index is -5.03. The van der Waals surface area contributed by atoms with Gasteiger partial charge < -0.3 is 15.5 Å². The third-order valence-electron chi connectivity index (χ3n) is 7.68. The second-order valence-corrected chi connectivity index (χ2v) is 12.2. The molecule has 1 fully saturated rings. The van der Waals surface area contributed by atoms with Crippen LogP contribution in [-0.4, -0.2) is 52.3 Å². The predicted octanol–water partition coefficient (Wildman–Crippen LogP) is 5.53. The highest BCUT2D eigenvalue weighted by atomic mass is 32.2. The number of thiophene rings is 1. The molecule has 2 aliphatic heterocycles. The van der Waals surface area contributed by atoms with Gasteiger partial charge in [-0.15, -0.1) is 23.1 Å². The molecule has 1 atom stereocenters. The summed E-state index contributed by atoms with van der Waals surface area (Å²) in [5.74, 6) is -2.47. The zero-order valence-electron chi connectivity index (χ0n) is 22.4. The number of amides is 1. The van der Waals surface area contributed by atoms with Gasteiger partial charge in [-0.1, -0.05) is 6.58 Å². The number of nitrogens with two attached hydrogens (primary N) is 1. The summed E-state index contributed by atoms with van der Waals surface area (Å²) >= 11 is 1.66. The molecule has 1 unspecified atom stereocenters. The molecule has 0 aliphatic carbocycles. The summed E-state index contributed by atoms with van der Waals surface area (Å²) in [6, 6.07) is 2.63. The largest absolute Gasteiger partial charge is 0.417 e. The standard InChI is InChI=1S/C28H21F5N6O2S2/c1-3-18(40)37-4-6-38(7-5-37)26-13-8-15(28(31,32)33)20(24-22(13)39(27(41)36-26)12(2)11-42-24)21-16(29)9-17(30)23-19(21)14(10-34)25(35)43-23/h3,8-9,12H,1,4-7,11,35H2,2H3. The van der Waals surface area contributed by atoms with Gasteiger partial charge in [-0.3, -0.25) is 9.36 Å². The monoisotopic (exact) mass is 632 g/mol. The van der Waals surface area contributed by atoms with Gasteiger partial charge in [0.2, 0.25) is 5.91 Å². The van der Waals surface area contributed by atoms with E-state index in [2.05, 4.69) is 11.6 Å². The second-order valence-electron chi connectivity index (χ2n) is 10.2. The Hall–Kier alpha value is -4.16. The van der Waals surface area contributed by atoms with Crippen LogP contribution in [0.3, 0.4) is 0 Å². The number of benzene rings is 2. The Morgan fingerprint density at radius 1 is 1.19 bits per heavy atom. The fraction of sp³-hybridized carbons (Fsp3) is 0.286. The molecule has 4 heterocycles. The number of carbonyl (C=O) groups excluding carboxylic acids is 1. The van der Waals surface area contributed by atoms with Gasteiger partial charge in [-0.05, 0) is 19.1 Å². The lowest BCUT2D eigenvalue weighted by atomic mass is 9.92. The van der Waals surface area contributed by atoms with Gasteiger partial charge in [0.1, 0.15) is 28.5 Å². The van der Waals surface area contributed by atoms with Gasteiger partial charge in [0.05, 0.1) is 21.3 Å². The minimum absolute atomic E-state index is 0.0113. The fourth-order valence-electron chi connectivity index (χ4n) is 5.75. The smallest absolute Gasteiger partial charge is 0.389 e. The molecule has 8 nitrogen and oxygen atoms in total. The number of nitrogens with zero attached hydrogens (tertiary/aromatic N) is 5. The molecule has 222 valence electrons. The average Bonchev–Trinajstić information content (AvgIpc) is 3.30. The molecule has 43 heavy (non-hydrogen) atoms. The van der Waals surface area contributed by atoms with E-state index in [1.54, 1.807) is 17.9 Å². The van der Waals surface area contributed by atoms with Crippen molar-refractivity contribution in [2.45, 2.75) is 24.0 Å². The van der Waals surface area contributed by atoms with Crippen LogP contribution in [0.5, 0.6) is 0 Å². The fourth-order valence-corrected chi connectivity index (χ4v) is 7.94.